The molecule has 1 heterocycles. The number of anilines is 1. The second kappa shape index (κ2) is 11.3. The van der Waals surface area contributed by atoms with Crippen molar-refractivity contribution >= 4 is 5.69 Å². The maximum Gasteiger partial charge on any atom is 0.142 e. The fourth-order valence-corrected chi connectivity index (χ4v) is 2.44. The van der Waals surface area contributed by atoms with E-state index in [9.17, 15) is 0 Å². The topological polar surface area (TPSA) is 43.4 Å². The minimum Gasteiger partial charge on any atom is -0.489 e. The van der Waals surface area contributed by atoms with Gasteiger partial charge >= 0.3 is 0 Å². The highest BCUT2D eigenvalue weighted by molar-refractivity contribution is 5.58. The molecule has 1 aromatic rings. The second-order valence-corrected chi connectivity index (χ2v) is 5.94. The Morgan fingerprint density at radius 1 is 0.875 bits per heavy atom. The highest BCUT2D eigenvalue weighted by Gasteiger charge is 2.13. The summed E-state index contributed by atoms with van der Waals surface area (Å²) >= 11 is 0. The molecule has 2 rings (SSSR count). The summed E-state index contributed by atoms with van der Waals surface area (Å²) in [6, 6.07) is 8.17. The first-order valence-electron chi connectivity index (χ1n) is 8.62. The van der Waals surface area contributed by atoms with E-state index >= 15 is 0 Å². The average molecular weight is 338 g/mol. The minimum atomic E-state index is 0.537. The molecule has 6 nitrogen and oxygen atoms in total. The third-order valence-corrected chi connectivity index (χ3v) is 3.76. The van der Waals surface area contributed by atoms with E-state index in [0.717, 1.165) is 31.1 Å². The molecule has 0 aliphatic carbocycles. The minimum absolute atomic E-state index is 0.537. The van der Waals surface area contributed by atoms with Crippen LogP contribution in [-0.4, -0.2) is 84.9 Å². The smallest absolute Gasteiger partial charge is 0.142 e. The van der Waals surface area contributed by atoms with Gasteiger partial charge in [-0.1, -0.05) is 12.1 Å². The van der Waals surface area contributed by atoms with Gasteiger partial charge in [-0.15, -0.1) is 0 Å². The molecule has 1 aliphatic heterocycles. The molecule has 0 spiro atoms. The molecule has 0 radical (unpaired) electrons. The van der Waals surface area contributed by atoms with Crippen molar-refractivity contribution in [2.45, 2.75) is 0 Å². The Morgan fingerprint density at radius 3 is 2.21 bits per heavy atom. The summed E-state index contributed by atoms with van der Waals surface area (Å²) in [7, 11) is 4.17. The van der Waals surface area contributed by atoms with E-state index in [1.165, 1.54) is 0 Å². The van der Waals surface area contributed by atoms with Gasteiger partial charge in [0.15, 0.2) is 0 Å². The van der Waals surface area contributed by atoms with Gasteiger partial charge in [-0.2, -0.15) is 0 Å². The van der Waals surface area contributed by atoms with Crippen molar-refractivity contribution < 1.29 is 18.9 Å². The molecule has 0 atom stereocenters. The Bertz CT molecular complexity index is 456. The first-order chi connectivity index (χ1) is 11.8. The van der Waals surface area contributed by atoms with Crippen molar-refractivity contribution in [3.63, 3.8) is 0 Å². The van der Waals surface area contributed by atoms with Gasteiger partial charge in [0.25, 0.3) is 0 Å². The molecule has 24 heavy (non-hydrogen) atoms. The standard InChI is InChI=1S/C18H30N2O4/c1-19(2)7-8-20-9-10-21-11-12-22-13-14-23-15-16-24-18-6-4-3-5-17(18)20/h3-6H,7-16H2,1-2H3. The van der Waals surface area contributed by atoms with E-state index in [-0.39, 0.29) is 0 Å². The zero-order valence-corrected chi connectivity index (χ0v) is 14.9. The third-order valence-electron chi connectivity index (χ3n) is 3.76. The lowest BCUT2D eigenvalue weighted by atomic mass is 10.2. The molecule has 6 heteroatoms. The molecule has 1 aromatic carbocycles. The van der Waals surface area contributed by atoms with E-state index in [1.807, 2.05) is 18.2 Å². The highest BCUT2D eigenvalue weighted by Crippen LogP contribution is 2.27. The molecule has 0 saturated heterocycles. The maximum absolute atomic E-state index is 5.94. The van der Waals surface area contributed by atoms with Crippen molar-refractivity contribution in [3.05, 3.63) is 24.3 Å². The first-order valence-corrected chi connectivity index (χ1v) is 8.62. The van der Waals surface area contributed by atoms with Crippen LogP contribution in [0.3, 0.4) is 0 Å². The summed E-state index contributed by atoms with van der Waals surface area (Å²) in [5.74, 6) is 0.894. The molecule has 0 unspecified atom stereocenters. The Labute approximate surface area is 145 Å². The van der Waals surface area contributed by atoms with E-state index in [0.29, 0.717) is 46.2 Å². The summed E-state index contributed by atoms with van der Waals surface area (Å²) in [5.41, 5.74) is 1.11. The number of hydrogen-bond acceptors (Lipinski definition) is 6. The number of hydrogen-bond donors (Lipinski definition) is 0. The molecule has 0 aromatic heterocycles. The number of nitrogens with zero attached hydrogens (tertiary/aromatic N) is 2. The van der Waals surface area contributed by atoms with Crippen LogP contribution in [0.1, 0.15) is 0 Å². The molecule has 0 amide bonds. The van der Waals surface area contributed by atoms with E-state index in [1.54, 1.807) is 0 Å². The Balaban J connectivity index is 2.05. The third kappa shape index (κ3) is 7.05. The fraction of sp³-hybridized carbons (Fsp3) is 0.667. The molecule has 1 aliphatic rings. The van der Waals surface area contributed by atoms with Crippen molar-refractivity contribution in [2.24, 2.45) is 0 Å². The van der Waals surface area contributed by atoms with Gasteiger partial charge in [-0.3, -0.25) is 0 Å². The van der Waals surface area contributed by atoms with E-state index in [4.69, 9.17) is 18.9 Å². The zero-order chi connectivity index (χ0) is 17.0. The van der Waals surface area contributed by atoms with Crippen LogP contribution in [0.15, 0.2) is 24.3 Å². The summed E-state index contributed by atoms with van der Waals surface area (Å²) < 4.78 is 22.6. The number of para-hydroxylation sites is 2. The van der Waals surface area contributed by atoms with Gasteiger partial charge in [-0.05, 0) is 26.2 Å². The molecular formula is C18H30N2O4. The van der Waals surface area contributed by atoms with Crippen LogP contribution in [0.2, 0.25) is 0 Å². The van der Waals surface area contributed by atoms with Crippen LogP contribution in [0, 0.1) is 0 Å². The normalized spacial score (nSPS) is 18.4. The van der Waals surface area contributed by atoms with Crippen molar-refractivity contribution in [1.82, 2.24) is 4.90 Å². The van der Waals surface area contributed by atoms with Gasteiger partial charge < -0.3 is 28.7 Å². The maximum atomic E-state index is 5.94. The Hall–Kier alpha value is -1.34. The van der Waals surface area contributed by atoms with Crippen LogP contribution in [0.4, 0.5) is 5.69 Å². The highest BCUT2D eigenvalue weighted by atomic mass is 16.6. The van der Waals surface area contributed by atoms with E-state index < -0.39 is 0 Å². The number of ether oxygens (including phenoxy) is 4. The van der Waals surface area contributed by atoms with Crippen LogP contribution in [0.5, 0.6) is 5.75 Å². The number of rotatable bonds is 3. The number of fused-ring (bicyclic) bond motifs is 1. The number of benzene rings is 1. The van der Waals surface area contributed by atoms with Crippen molar-refractivity contribution in [2.75, 3.05) is 84.9 Å². The molecular weight excluding hydrogens is 308 g/mol. The average Bonchev–Trinajstić information content (AvgIpc) is 2.59. The predicted octanol–water partition coefficient (Wildman–Crippen LogP) is 1.50. The summed E-state index contributed by atoms with van der Waals surface area (Å²) in [6.45, 7) is 6.88. The SMILES string of the molecule is CN(C)CCN1CCOCCOCCOCCOc2ccccc21. The van der Waals surface area contributed by atoms with Crippen LogP contribution < -0.4 is 9.64 Å². The lowest BCUT2D eigenvalue weighted by molar-refractivity contribution is 0.0110. The molecule has 136 valence electrons. The Morgan fingerprint density at radius 2 is 1.50 bits per heavy atom. The van der Waals surface area contributed by atoms with Crippen molar-refractivity contribution in [1.29, 1.82) is 0 Å². The van der Waals surface area contributed by atoms with Gasteiger partial charge in [-0.25, -0.2) is 0 Å². The number of likely N-dealkylation sites (N-methyl/N-ethyl adjacent to an activating group) is 1. The lowest BCUT2D eigenvalue weighted by Crippen LogP contribution is -2.34. The van der Waals surface area contributed by atoms with Crippen LogP contribution in [-0.2, 0) is 14.2 Å². The van der Waals surface area contributed by atoms with Gasteiger partial charge in [0.1, 0.15) is 12.4 Å². The monoisotopic (exact) mass is 338 g/mol. The molecule has 0 bridgehead atoms. The zero-order valence-electron chi connectivity index (χ0n) is 14.9. The van der Waals surface area contributed by atoms with Crippen LogP contribution >= 0.6 is 0 Å². The quantitative estimate of drug-likeness (QED) is 0.832. The summed E-state index contributed by atoms with van der Waals surface area (Å²) in [4.78, 5) is 4.50. The summed E-state index contributed by atoms with van der Waals surface area (Å²) in [5, 5.41) is 0. The molecule has 0 N–H and O–H groups in total. The molecule has 0 fully saturated rings. The fourth-order valence-electron chi connectivity index (χ4n) is 2.44. The summed E-state index contributed by atoms with van der Waals surface area (Å²) in [6.07, 6.45) is 0. The lowest BCUT2D eigenvalue weighted by Gasteiger charge is -2.28. The van der Waals surface area contributed by atoms with E-state index in [2.05, 4.69) is 30.0 Å². The Kier molecular flexibility index (Phi) is 8.91. The van der Waals surface area contributed by atoms with Gasteiger partial charge in [0.05, 0.1) is 45.3 Å². The largest absolute Gasteiger partial charge is 0.489 e. The first kappa shape index (κ1) is 19.0. The van der Waals surface area contributed by atoms with Crippen LogP contribution in [0.25, 0.3) is 0 Å². The van der Waals surface area contributed by atoms with Gasteiger partial charge in [0, 0.05) is 19.6 Å². The van der Waals surface area contributed by atoms with Gasteiger partial charge in [0.2, 0.25) is 0 Å². The molecule has 0 saturated carbocycles. The van der Waals surface area contributed by atoms with Crippen molar-refractivity contribution in [3.8, 4) is 5.75 Å². The second-order valence-electron chi connectivity index (χ2n) is 5.94. The predicted molar refractivity (Wildman–Crippen MR) is 95.2 cm³/mol.